The highest BCUT2D eigenvalue weighted by molar-refractivity contribution is 6.06. The van der Waals surface area contributed by atoms with E-state index >= 15 is 0 Å². The van der Waals surface area contributed by atoms with E-state index in [4.69, 9.17) is 9.47 Å². The van der Waals surface area contributed by atoms with Gasteiger partial charge in [0, 0.05) is 61.0 Å². The first-order chi connectivity index (χ1) is 15.2. The molecule has 6 heteroatoms. The van der Waals surface area contributed by atoms with Crippen molar-refractivity contribution in [1.29, 1.82) is 0 Å². The normalized spacial score (nSPS) is 24.5. The van der Waals surface area contributed by atoms with Crippen molar-refractivity contribution < 1.29 is 14.3 Å². The fourth-order valence-electron chi connectivity index (χ4n) is 6.19. The molecule has 2 aromatic rings. The Kier molecular flexibility index (Phi) is 6.04. The van der Waals surface area contributed by atoms with E-state index in [2.05, 4.69) is 14.8 Å². The number of aromatic amines is 1. The van der Waals surface area contributed by atoms with Gasteiger partial charge in [-0.05, 0) is 43.9 Å². The second-order valence-corrected chi connectivity index (χ2v) is 9.44. The molecule has 1 aromatic heterocycles. The Morgan fingerprint density at radius 2 is 1.94 bits per heavy atom. The Morgan fingerprint density at radius 3 is 2.71 bits per heavy atom. The zero-order valence-corrected chi connectivity index (χ0v) is 18.6. The maximum atomic E-state index is 13.2. The molecule has 3 heterocycles. The maximum Gasteiger partial charge on any atom is 0.254 e. The van der Waals surface area contributed by atoms with E-state index < -0.39 is 0 Å². The Morgan fingerprint density at radius 1 is 1.13 bits per heavy atom. The standard InChI is InChI=1S/C25H35N3O3/c1-30-16-17-31-23-18-28(25(23)11-3-2-4-12-25)19-9-14-27(15-10-19)24(29)21-6-5-7-22-20(21)8-13-26-22/h5-8,13,19,23,26H,2-4,9-12,14-18H2,1H3. The van der Waals surface area contributed by atoms with Crippen LogP contribution in [0.5, 0.6) is 0 Å². The van der Waals surface area contributed by atoms with Crippen LogP contribution < -0.4 is 0 Å². The van der Waals surface area contributed by atoms with E-state index in [-0.39, 0.29) is 11.4 Å². The third-order valence-corrected chi connectivity index (χ3v) is 7.88. The summed E-state index contributed by atoms with van der Waals surface area (Å²) >= 11 is 0. The third kappa shape index (κ3) is 3.79. The van der Waals surface area contributed by atoms with Gasteiger partial charge in [0.05, 0.1) is 19.3 Å². The highest BCUT2D eigenvalue weighted by Gasteiger charge is 2.56. The van der Waals surface area contributed by atoms with Crippen LogP contribution in [0.25, 0.3) is 10.9 Å². The fraction of sp³-hybridized carbons (Fsp3) is 0.640. The number of carbonyl (C=O) groups is 1. The average Bonchev–Trinajstić information content (AvgIpc) is 3.30. The van der Waals surface area contributed by atoms with Gasteiger partial charge in [0.15, 0.2) is 0 Å². The lowest BCUT2D eigenvalue weighted by molar-refractivity contribution is -0.203. The zero-order valence-electron chi connectivity index (χ0n) is 18.6. The van der Waals surface area contributed by atoms with Crippen LogP contribution in [-0.4, -0.2) is 78.3 Å². The monoisotopic (exact) mass is 425 g/mol. The second-order valence-electron chi connectivity index (χ2n) is 9.44. The number of ether oxygens (including phenoxy) is 2. The van der Waals surface area contributed by atoms with Crippen LogP contribution in [0.4, 0.5) is 0 Å². The summed E-state index contributed by atoms with van der Waals surface area (Å²) in [6, 6.07) is 8.52. The molecule has 168 valence electrons. The molecule has 1 atom stereocenters. The Balaban J connectivity index is 1.23. The molecule has 1 N–H and O–H groups in total. The number of piperidine rings is 1. The van der Waals surface area contributed by atoms with E-state index in [0.717, 1.165) is 48.9 Å². The molecule has 1 aromatic carbocycles. The summed E-state index contributed by atoms with van der Waals surface area (Å²) in [5, 5.41) is 1.02. The summed E-state index contributed by atoms with van der Waals surface area (Å²) in [6.07, 6.45) is 10.8. The van der Waals surface area contributed by atoms with Gasteiger partial charge < -0.3 is 19.4 Å². The van der Waals surface area contributed by atoms with Crippen molar-refractivity contribution in [3.8, 4) is 0 Å². The van der Waals surface area contributed by atoms with Gasteiger partial charge in [0.2, 0.25) is 0 Å². The number of aromatic nitrogens is 1. The summed E-state index contributed by atoms with van der Waals surface area (Å²) in [7, 11) is 1.73. The zero-order chi connectivity index (χ0) is 21.3. The first kappa shape index (κ1) is 21.0. The van der Waals surface area contributed by atoms with Crippen molar-refractivity contribution in [1.82, 2.24) is 14.8 Å². The molecule has 1 saturated carbocycles. The Bertz CT molecular complexity index is 896. The number of hydrogen-bond acceptors (Lipinski definition) is 4. The number of nitrogens with one attached hydrogen (secondary N) is 1. The van der Waals surface area contributed by atoms with Gasteiger partial charge in [-0.3, -0.25) is 9.69 Å². The number of benzene rings is 1. The van der Waals surface area contributed by atoms with Gasteiger partial charge in [-0.1, -0.05) is 25.3 Å². The molecule has 6 nitrogen and oxygen atoms in total. The van der Waals surface area contributed by atoms with Crippen LogP contribution in [0.1, 0.15) is 55.3 Å². The molecular weight excluding hydrogens is 390 g/mol. The van der Waals surface area contributed by atoms with Crippen LogP contribution in [0.15, 0.2) is 30.5 Å². The minimum absolute atomic E-state index is 0.167. The summed E-state index contributed by atoms with van der Waals surface area (Å²) in [5.41, 5.74) is 2.07. The molecule has 31 heavy (non-hydrogen) atoms. The molecule has 1 spiro atoms. The van der Waals surface area contributed by atoms with Crippen LogP contribution in [-0.2, 0) is 9.47 Å². The predicted octanol–water partition coefficient (Wildman–Crippen LogP) is 3.82. The molecular formula is C25H35N3O3. The topological polar surface area (TPSA) is 57.8 Å². The highest BCUT2D eigenvalue weighted by Crippen LogP contribution is 2.47. The number of carbonyl (C=O) groups excluding carboxylic acids is 1. The number of rotatable bonds is 6. The van der Waals surface area contributed by atoms with Gasteiger partial charge in [0.1, 0.15) is 0 Å². The SMILES string of the molecule is COCCOC1CN(C2CCN(C(=O)c3cccc4[nH]ccc34)CC2)C12CCCCC2. The maximum absolute atomic E-state index is 13.2. The number of nitrogens with zero attached hydrogens (tertiary/aromatic N) is 2. The van der Waals surface area contributed by atoms with Crippen LogP contribution in [0, 0.1) is 0 Å². The molecule has 1 aliphatic carbocycles. The van der Waals surface area contributed by atoms with Gasteiger partial charge in [-0.15, -0.1) is 0 Å². The van der Waals surface area contributed by atoms with Crippen molar-refractivity contribution >= 4 is 16.8 Å². The van der Waals surface area contributed by atoms with Crippen molar-refractivity contribution in [2.75, 3.05) is 40.0 Å². The number of H-pyrrole nitrogens is 1. The number of likely N-dealkylation sites (tertiary alicyclic amines) is 2. The van der Waals surface area contributed by atoms with Crippen LogP contribution in [0.3, 0.4) is 0 Å². The molecule has 1 amide bonds. The van der Waals surface area contributed by atoms with Crippen molar-refractivity contribution in [3.63, 3.8) is 0 Å². The molecule has 2 saturated heterocycles. The van der Waals surface area contributed by atoms with E-state index in [1.807, 2.05) is 30.5 Å². The minimum atomic E-state index is 0.167. The first-order valence-electron chi connectivity index (χ1n) is 12.0. The quantitative estimate of drug-likeness (QED) is 0.715. The summed E-state index contributed by atoms with van der Waals surface area (Å²) in [6.45, 7) is 4.07. The van der Waals surface area contributed by atoms with E-state index in [9.17, 15) is 4.79 Å². The first-order valence-corrected chi connectivity index (χ1v) is 12.0. The fourth-order valence-corrected chi connectivity index (χ4v) is 6.19. The van der Waals surface area contributed by atoms with Crippen LogP contribution in [0.2, 0.25) is 0 Å². The van der Waals surface area contributed by atoms with Crippen molar-refractivity contribution in [3.05, 3.63) is 36.0 Å². The second kappa shape index (κ2) is 8.93. The molecule has 3 aliphatic rings. The lowest BCUT2D eigenvalue weighted by atomic mass is 9.69. The van der Waals surface area contributed by atoms with E-state index in [1.54, 1.807) is 7.11 Å². The summed E-state index contributed by atoms with van der Waals surface area (Å²) < 4.78 is 11.4. The summed E-state index contributed by atoms with van der Waals surface area (Å²) in [5.74, 6) is 0.167. The van der Waals surface area contributed by atoms with Crippen molar-refractivity contribution in [2.24, 2.45) is 0 Å². The molecule has 5 rings (SSSR count). The number of amides is 1. The lowest BCUT2D eigenvalue weighted by Crippen LogP contribution is -2.75. The Hall–Kier alpha value is -1.89. The highest BCUT2D eigenvalue weighted by atomic mass is 16.5. The van der Waals surface area contributed by atoms with E-state index in [1.165, 1.54) is 32.1 Å². The van der Waals surface area contributed by atoms with E-state index in [0.29, 0.717) is 25.4 Å². The Labute approximate surface area is 184 Å². The molecule has 3 fully saturated rings. The lowest BCUT2D eigenvalue weighted by Gasteiger charge is -2.63. The number of fused-ring (bicyclic) bond motifs is 1. The smallest absolute Gasteiger partial charge is 0.254 e. The molecule has 1 unspecified atom stereocenters. The largest absolute Gasteiger partial charge is 0.382 e. The van der Waals surface area contributed by atoms with Crippen LogP contribution >= 0.6 is 0 Å². The molecule has 0 bridgehead atoms. The number of methoxy groups -OCH3 is 1. The van der Waals surface area contributed by atoms with Crippen molar-refractivity contribution in [2.45, 2.75) is 62.6 Å². The molecule has 2 aliphatic heterocycles. The van der Waals surface area contributed by atoms with Gasteiger partial charge >= 0.3 is 0 Å². The summed E-state index contributed by atoms with van der Waals surface area (Å²) in [4.78, 5) is 21.2. The minimum Gasteiger partial charge on any atom is -0.382 e. The van der Waals surface area contributed by atoms with Gasteiger partial charge in [0.25, 0.3) is 5.91 Å². The van der Waals surface area contributed by atoms with Gasteiger partial charge in [-0.25, -0.2) is 0 Å². The van der Waals surface area contributed by atoms with Gasteiger partial charge in [-0.2, -0.15) is 0 Å². The average molecular weight is 426 g/mol. The third-order valence-electron chi connectivity index (χ3n) is 7.88. The number of hydrogen-bond donors (Lipinski definition) is 1. The molecule has 0 radical (unpaired) electrons. The predicted molar refractivity (Wildman–Crippen MR) is 121 cm³/mol.